The maximum Gasteiger partial charge on any atom is 0.318 e. The molecule has 0 bridgehead atoms. The molecular weight excluding hydrogens is 270 g/mol. The number of nitrogens with two attached hydrogens (primary N) is 1. The van der Waals surface area contributed by atoms with Crippen LogP contribution in [0.2, 0.25) is 0 Å². The summed E-state index contributed by atoms with van der Waals surface area (Å²) in [6, 6.07) is 3.26. The lowest BCUT2D eigenvalue weighted by molar-refractivity contribution is -0.121. The Bertz CT molecular complexity index is 498. The normalized spacial score (nSPS) is 20.0. The molecule has 3 N–H and O–H groups in total. The summed E-state index contributed by atoms with van der Waals surface area (Å²) in [5, 5.41) is 2.13. The van der Waals surface area contributed by atoms with Gasteiger partial charge < -0.3 is 10.2 Å². The van der Waals surface area contributed by atoms with Gasteiger partial charge in [0, 0.05) is 6.42 Å². The van der Waals surface area contributed by atoms with Crippen molar-refractivity contribution >= 4 is 11.9 Å². The maximum atomic E-state index is 11.8. The first-order valence-corrected chi connectivity index (χ1v) is 7.52. The van der Waals surface area contributed by atoms with Crippen LogP contribution in [0.4, 0.5) is 4.79 Å². The highest BCUT2D eigenvalue weighted by molar-refractivity contribution is 5.94. The van der Waals surface area contributed by atoms with Gasteiger partial charge in [0.1, 0.15) is 11.5 Å². The lowest BCUT2D eigenvalue weighted by Crippen LogP contribution is -2.43. The number of hydrogen-bond donors (Lipinski definition) is 2. The van der Waals surface area contributed by atoms with Crippen LogP contribution >= 0.6 is 0 Å². The summed E-state index contributed by atoms with van der Waals surface area (Å²) >= 11 is 0. The van der Waals surface area contributed by atoms with Crippen LogP contribution in [0, 0.1) is 0 Å². The van der Waals surface area contributed by atoms with E-state index in [9.17, 15) is 9.59 Å². The Morgan fingerprint density at radius 3 is 2.86 bits per heavy atom. The first-order valence-electron chi connectivity index (χ1n) is 7.52. The minimum absolute atomic E-state index is 0.0893. The van der Waals surface area contributed by atoms with E-state index < -0.39 is 6.03 Å². The Hall–Kier alpha value is -1.82. The molecule has 1 atom stereocenters. The molecule has 116 valence electrons. The molecule has 0 spiro atoms. The highest BCUT2D eigenvalue weighted by Gasteiger charge is 2.27. The highest BCUT2D eigenvalue weighted by Crippen LogP contribution is 2.31. The van der Waals surface area contributed by atoms with Gasteiger partial charge in [-0.25, -0.2) is 4.79 Å². The van der Waals surface area contributed by atoms with E-state index >= 15 is 0 Å². The molecule has 1 aromatic rings. The minimum atomic E-state index is -0.808. The smallest absolute Gasteiger partial charge is 0.318 e. The fourth-order valence-electron chi connectivity index (χ4n) is 2.80. The van der Waals surface area contributed by atoms with Gasteiger partial charge in [-0.15, -0.1) is 0 Å². The Balaban J connectivity index is 2.10. The molecule has 0 radical (unpaired) electrons. The molecule has 1 fully saturated rings. The van der Waals surface area contributed by atoms with Crippen molar-refractivity contribution in [3.8, 4) is 0 Å². The van der Waals surface area contributed by atoms with Crippen molar-refractivity contribution in [2.75, 3.05) is 13.1 Å². The van der Waals surface area contributed by atoms with E-state index in [0.717, 1.165) is 50.2 Å². The number of carbonyl (C=O) groups is 2. The third-order valence-corrected chi connectivity index (χ3v) is 3.83. The maximum absolute atomic E-state index is 11.8. The van der Waals surface area contributed by atoms with Crippen molar-refractivity contribution in [1.29, 1.82) is 0 Å². The average Bonchev–Trinajstić information content (AvgIpc) is 2.78. The van der Waals surface area contributed by atoms with E-state index in [1.165, 1.54) is 0 Å². The number of imide groups is 1. The molecule has 0 unspecified atom stereocenters. The van der Waals surface area contributed by atoms with Gasteiger partial charge in [-0.05, 0) is 31.5 Å². The van der Waals surface area contributed by atoms with E-state index in [2.05, 4.69) is 10.2 Å². The zero-order valence-electron chi connectivity index (χ0n) is 12.4. The number of nitrogens with one attached hydrogen (secondary N) is 1. The van der Waals surface area contributed by atoms with E-state index in [0.29, 0.717) is 0 Å². The van der Waals surface area contributed by atoms with Gasteiger partial charge in [-0.1, -0.05) is 19.8 Å². The molecule has 6 heteroatoms. The second-order valence-corrected chi connectivity index (χ2v) is 5.41. The van der Waals surface area contributed by atoms with Gasteiger partial charge in [0.05, 0.1) is 12.6 Å². The fraction of sp³-hybridized carbons (Fsp3) is 0.600. The number of nitrogens with zero attached hydrogens (tertiary/aromatic N) is 1. The summed E-state index contributed by atoms with van der Waals surface area (Å²) in [7, 11) is 0. The summed E-state index contributed by atoms with van der Waals surface area (Å²) in [6.45, 7) is 3.03. The molecule has 6 nitrogen and oxygen atoms in total. The molecule has 3 amide bonds. The van der Waals surface area contributed by atoms with E-state index in [1.807, 2.05) is 19.1 Å². The molecule has 1 aliphatic rings. The summed E-state index contributed by atoms with van der Waals surface area (Å²) in [6.07, 6.45) is 5.11. The van der Waals surface area contributed by atoms with Gasteiger partial charge in [0.15, 0.2) is 0 Å². The molecular formula is C15H23N3O3. The molecule has 1 aromatic heterocycles. The van der Waals surface area contributed by atoms with Crippen molar-refractivity contribution in [3.63, 3.8) is 0 Å². The second-order valence-electron chi connectivity index (χ2n) is 5.41. The van der Waals surface area contributed by atoms with Crippen LogP contribution < -0.4 is 11.1 Å². The largest absolute Gasteiger partial charge is 0.464 e. The number of likely N-dealkylation sites (tertiary alicyclic amines) is 1. The van der Waals surface area contributed by atoms with Crippen LogP contribution in [-0.4, -0.2) is 29.9 Å². The molecule has 2 rings (SSSR count). The van der Waals surface area contributed by atoms with E-state index in [1.54, 1.807) is 0 Å². The molecule has 0 saturated carbocycles. The molecule has 1 aliphatic heterocycles. The number of primary amides is 1. The van der Waals surface area contributed by atoms with Crippen LogP contribution in [0.3, 0.4) is 0 Å². The predicted molar refractivity (Wildman–Crippen MR) is 78.6 cm³/mol. The summed E-state index contributed by atoms with van der Waals surface area (Å²) in [5.41, 5.74) is 4.99. The summed E-state index contributed by atoms with van der Waals surface area (Å²) in [5.74, 6) is 1.49. The third kappa shape index (κ3) is 4.32. The lowest BCUT2D eigenvalue weighted by atomic mass is 10.1. The topological polar surface area (TPSA) is 88.6 Å². The number of carbonyl (C=O) groups excluding carboxylic acids is 2. The van der Waals surface area contributed by atoms with Crippen LogP contribution in [0.25, 0.3) is 0 Å². The molecule has 2 heterocycles. The van der Waals surface area contributed by atoms with Crippen LogP contribution in [0.5, 0.6) is 0 Å². The number of hydrogen-bond acceptors (Lipinski definition) is 4. The zero-order valence-corrected chi connectivity index (χ0v) is 12.4. The Kier molecular flexibility index (Phi) is 5.38. The quantitative estimate of drug-likeness (QED) is 0.888. The third-order valence-electron chi connectivity index (χ3n) is 3.83. The van der Waals surface area contributed by atoms with Gasteiger partial charge in [0.2, 0.25) is 5.91 Å². The van der Waals surface area contributed by atoms with Crippen molar-refractivity contribution in [2.45, 2.75) is 45.1 Å². The Labute approximate surface area is 124 Å². The van der Waals surface area contributed by atoms with Crippen molar-refractivity contribution in [3.05, 3.63) is 23.7 Å². The molecule has 21 heavy (non-hydrogen) atoms. The zero-order chi connectivity index (χ0) is 15.2. The van der Waals surface area contributed by atoms with E-state index in [-0.39, 0.29) is 18.5 Å². The van der Waals surface area contributed by atoms with Gasteiger partial charge in [-0.2, -0.15) is 0 Å². The van der Waals surface area contributed by atoms with Crippen molar-refractivity contribution in [2.24, 2.45) is 5.73 Å². The highest BCUT2D eigenvalue weighted by atomic mass is 16.3. The first-order chi connectivity index (χ1) is 10.1. The van der Waals surface area contributed by atoms with Gasteiger partial charge in [-0.3, -0.25) is 15.0 Å². The lowest BCUT2D eigenvalue weighted by Gasteiger charge is -2.27. The molecule has 0 aliphatic carbocycles. The number of urea groups is 1. The van der Waals surface area contributed by atoms with Crippen molar-refractivity contribution in [1.82, 2.24) is 10.2 Å². The molecule has 0 aromatic carbocycles. The van der Waals surface area contributed by atoms with Crippen molar-refractivity contribution < 1.29 is 14.0 Å². The Morgan fingerprint density at radius 2 is 2.19 bits per heavy atom. The summed E-state index contributed by atoms with van der Waals surface area (Å²) < 4.78 is 5.86. The van der Waals surface area contributed by atoms with Crippen LogP contribution in [0.15, 0.2) is 16.5 Å². The van der Waals surface area contributed by atoms with Gasteiger partial charge >= 0.3 is 6.03 Å². The predicted octanol–water partition coefficient (Wildman–Crippen LogP) is 1.95. The Morgan fingerprint density at radius 1 is 1.38 bits per heavy atom. The van der Waals surface area contributed by atoms with E-state index in [4.69, 9.17) is 10.2 Å². The fourth-order valence-corrected chi connectivity index (χ4v) is 2.80. The number of rotatable bonds is 4. The van der Waals surface area contributed by atoms with Crippen LogP contribution in [0.1, 0.15) is 50.2 Å². The number of furan rings is 1. The van der Waals surface area contributed by atoms with Crippen LogP contribution in [-0.2, 0) is 11.2 Å². The standard InChI is InChI=1S/C15H23N3O3/c1-2-11-7-8-13(21-11)12-6-4-3-5-9-18(12)10-14(19)17-15(16)20/h7-8,12H,2-6,9-10H2,1H3,(H3,16,17,19,20)/t12-/m0/s1. The number of amides is 3. The second kappa shape index (κ2) is 7.26. The average molecular weight is 293 g/mol. The summed E-state index contributed by atoms with van der Waals surface area (Å²) in [4.78, 5) is 24.6. The monoisotopic (exact) mass is 293 g/mol. The number of aryl methyl sites for hydroxylation is 1. The first kappa shape index (κ1) is 15.6. The molecule has 1 saturated heterocycles. The minimum Gasteiger partial charge on any atom is -0.464 e. The van der Waals surface area contributed by atoms with Gasteiger partial charge in [0.25, 0.3) is 0 Å². The SMILES string of the molecule is CCc1ccc([C@@H]2CCCCCN2CC(=O)NC(N)=O)o1.